The van der Waals surface area contributed by atoms with Crippen LogP contribution in [0.15, 0.2) is 91.1 Å². The Balaban J connectivity index is 0.688. The SMILES string of the molecule is C=C1CCC(N2Cc3c(cc(F)c(N4CCN(C5CC6(C5)CN(CCOc5ccc([C@@H]7c8ccc(O)cc8CC[C@@H]7c7ccccc7)cc5)C6)CC4)c3F)C2=O)C(=O)N1. The van der Waals surface area contributed by atoms with Gasteiger partial charge in [-0.25, -0.2) is 8.78 Å². The number of anilines is 1. The van der Waals surface area contributed by atoms with Gasteiger partial charge in [-0.2, -0.15) is 0 Å². The molecule has 11 heteroatoms. The zero-order valence-corrected chi connectivity index (χ0v) is 33.3. The molecule has 4 heterocycles. The van der Waals surface area contributed by atoms with E-state index in [9.17, 15) is 14.7 Å². The second-order valence-electron chi connectivity index (χ2n) is 17.8. The molecule has 1 saturated carbocycles. The number of piperidine rings is 1. The topological polar surface area (TPSA) is 88.6 Å². The number of nitrogens with zero attached hydrogens (tertiary/aromatic N) is 4. The Morgan fingerprint density at radius 1 is 0.881 bits per heavy atom. The average molecular weight is 800 g/mol. The van der Waals surface area contributed by atoms with E-state index in [-0.39, 0.29) is 35.2 Å². The van der Waals surface area contributed by atoms with Crippen molar-refractivity contribution >= 4 is 17.5 Å². The van der Waals surface area contributed by atoms with Gasteiger partial charge in [0, 0.05) is 69.0 Å². The molecule has 2 aliphatic carbocycles. The number of ether oxygens (including phenoxy) is 1. The number of allylic oxidation sites excluding steroid dienone is 1. The Bertz CT molecular complexity index is 2280. The van der Waals surface area contributed by atoms with Crippen LogP contribution in [0.5, 0.6) is 11.5 Å². The molecule has 59 heavy (non-hydrogen) atoms. The van der Waals surface area contributed by atoms with Crippen molar-refractivity contribution in [1.29, 1.82) is 0 Å². The largest absolute Gasteiger partial charge is 0.508 e. The van der Waals surface area contributed by atoms with Gasteiger partial charge in [0.1, 0.15) is 35.7 Å². The van der Waals surface area contributed by atoms with E-state index in [1.54, 1.807) is 4.90 Å². The minimum absolute atomic E-state index is 0.0110. The number of carbonyl (C=O) groups is 2. The average Bonchev–Trinajstić information content (AvgIpc) is 3.53. The minimum atomic E-state index is -0.727. The Morgan fingerprint density at radius 3 is 2.39 bits per heavy atom. The standard InChI is InChI=1S/C48H51F2N5O4/c1-30-7-16-42(46(57)51-30)55-27-40-39(47(55)58)24-41(49)45(44(40)50)54-19-17-53(18-20-54)34-25-48(26-34)28-52(29-48)21-22-59-36-12-8-32(9-13-36)43-37(31-5-3-2-4-6-31)14-10-33-23-35(56)11-15-38(33)43/h2-6,8-9,11-13,15,23-24,34,37,42-43,56H,1,7,10,14,16-22,25-29H2,(H,51,57)/t37-,42?,43+/m1/s1. The first kappa shape index (κ1) is 38.0. The molecule has 6 aliphatic rings. The number of phenolic OH excluding ortho intramolecular Hbond substituents is 1. The van der Waals surface area contributed by atoms with Crippen LogP contribution in [0.3, 0.4) is 0 Å². The lowest BCUT2D eigenvalue weighted by Gasteiger charge is -2.62. The minimum Gasteiger partial charge on any atom is -0.508 e. The third-order valence-corrected chi connectivity index (χ3v) is 14.1. The molecule has 0 radical (unpaired) electrons. The highest BCUT2D eigenvalue weighted by molar-refractivity contribution is 6.02. The van der Waals surface area contributed by atoms with Crippen LogP contribution in [0, 0.1) is 17.0 Å². The van der Waals surface area contributed by atoms with Crippen LogP contribution in [0.2, 0.25) is 0 Å². The van der Waals surface area contributed by atoms with Gasteiger partial charge < -0.3 is 25.0 Å². The molecule has 306 valence electrons. The summed E-state index contributed by atoms with van der Waals surface area (Å²) >= 11 is 0. The van der Waals surface area contributed by atoms with E-state index < -0.39 is 23.6 Å². The second-order valence-corrected chi connectivity index (χ2v) is 17.8. The van der Waals surface area contributed by atoms with Gasteiger partial charge in [-0.15, -0.1) is 0 Å². The van der Waals surface area contributed by atoms with Crippen LogP contribution in [0.25, 0.3) is 0 Å². The number of amides is 2. The monoisotopic (exact) mass is 799 g/mol. The molecule has 4 fully saturated rings. The number of carbonyl (C=O) groups excluding carboxylic acids is 2. The number of rotatable bonds is 9. The van der Waals surface area contributed by atoms with Gasteiger partial charge in [-0.3, -0.25) is 19.4 Å². The summed E-state index contributed by atoms with van der Waals surface area (Å²) in [6.07, 6.45) is 5.21. The summed E-state index contributed by atoms with van der Waals surface area (Å²) in [6, 6.07) is 26.1. The van der Waals surface area contributed by atoms with Crippen LogP contribution in [-0.4, -0.2) is 96.1 Å². The van der Waals surface area contributed by atoms with E-state index in [0.29, 0.717) is 61.4 Å². The molecule has 2 N–H and O–H groups in total. The number of halogens is 2. The summed E-state index contributed by atoms with van der Waals surface area (Å²) < 4.78 is 37.7. The predicted molar refractivity (Wildman–Crippen MR) is 222 cm³/mol. The van der Waals surface area contributed by atoms with Crippen molar-refractivity contribution in [3.63, 3.8) is 0 Å². The fraction of sp³-hybridized carbons (Fsp3) is 0.417. The van der Waals surface area contributed by atoms with E-state index in [1.807, 2.05) is 12.1 Å². The number of fused-ring (bicyclic) bond motifs is 2. The van der Waals surface area contributed by atoms with Crippen molar-refractivity contribution in [1.82, 2.24) is 20.0 Å². The molecule has 9 nitrogen and oxygen atoms in total. The van der Waals surface area contributed by atoms with Gasteiger partial charge in [-0.05, 0) is 102 Å². The fourth-order valence-electron chi connectivity index (χ4n) is 11.2. The molecule has 2 amide bonds. The Hall–Kier alpha value is -5.26. The number of piperazine rings is 1. The molecule has 4 aliphatic heterocycles. The highest BCUT2D eigenvalue weighted by Gasteiger charge is 2.53. The third-order valence-electron chi connectivity index (χ3n) is 14.1. The van der Waals surface area contributed by atoms with E-state index in [1.165, 1.54) is 27.2 Å². The highest BCUT2D eigenvalue weighted by Crippen LogP contribution is 2.51. The maximum atomic E-state index is 16.0. The highest BCUT2D eigenvalue weighted by atomic mass is 19.1. The lowest BCUT2D eigenvalue weighted by molar-refractivity contribution is -0.126. The van der Waals surface area contributed by atoms with Crippen LogP contribution in [0.4, 0.5) is 14.5 Å². The molecule has 4 aromatic carbocycles. The van der Waals surface area contributed by atoms with Crippen molar-refractivity contribution in [2.45, 2.75) is 69.0 Å². The number of hydrogen-bond donors (Lipinski definition) is 2. The zero-order valence-electron chi connectivity index (χ0n) is 33.3. The summed E-state index contributed by atoms with van der Waals surface area (Å²) in [5, 5.41) is 12.9. The molecule has 3 atom stereocenters. The van der Waals surface area contributed by atoms with Crippen LogP contribution >= 0.6 is 0 Å². The van der Waals surface area contributed by atoms with E-state index in [2.05, 4.69) is 82.4 Å². The molecule has 4 aromatic rings. The second kappa shape index (κ2) is 15.1. The zero-order chi connectivity index (χ0) is 40.4. The molecular formula is C48H51F2N5O4. The normalized spacial score (nSPS) is 24.4. The van der Waals surface area contributed by atoms with E-state index >= 15 is 8.78 Å². The lowest BCUT2D eigenvalue weighted by Crippen LogP contribution is -2.68. The van der Waals surface area contributed by atoms with E-state index in [0.717, 1.165) is 70.2 Å². The van der Waals surface area contributed by atoms with Gasteiger partial charge >= 0.3 is 0 Å². The number of aromatic hydroxyl groups is 1. The van der Waals surface area contributed by atoms with Crippen LogP contribution in [0.1, 0.15) is 82.1 Å². The van der Waals surface area contributed by atoms with Crippen molar-refractivity contribution in [2.75, 3.05) is 57.3 Å². The Labute approximate surface area is 344 Å². The Morgan fingerprint density at radius 2 is 1.64 bits per heavy atom. The van der Waals surface area contributed by atoms with Gasteiger partial charge in [0.05, 0.1) is 12.1 Å². The molecule has 1 spiro atoms. The van der Waals surface area contributed by atoms with E-state index in [4.69, 9.17) is 4.74 Å². The first-order chi connectivity index (χ1) is 28.6. The maximum Gasteiger partial charge on any atom is 0.255 e. The summed E-state index contributed by atoms with van der Waals surface area (Å²) in [5.41, 5.74) is 6.19. The molecule has 1 unspecified atom stereocenters. The number of aryl methyl sites for hydroxylation is 1. The number of benzene rings is 4. The van der Waals surface area contributed by atoms with Crippen LogP contribution in [-0.2, 0) is 17.8 Å². The van der Waals surface area contributed by atoms with Crippen LogP contribution < -0.4 is 15.0 Å². The van der Waals surface area contributed by atoms with Gasteiger partial charge in [0.25, 0.3) is 5.91 Å². The molecular weight excluding hydrogens is 749 g/mol. The summed E-state index contributed by atoms with van der Waals surface area (Å²) in [4.78, 5) is 33.9. The molecule has 3 saturated heterocycles. The van der Waals surface area contributed by atoms with Crippen molar-refractivity contribution in [3.05, 3.63) is 136 Å². The number of likely N-dealkylation sites (tertiary alicyclic amines) is 1. The molecule has 10 rings (SSSR count). The third kappa shape index (κ3) is 6.95. The maximum absolute atomic E-state index is 16.0. The summed E-state index contributed by atoms with van der Waals surface area (Å²) in [6.45, 7) is 9.89. The summed E-state index contributed by atoms with van der Waals surface area (Å²) in [7, 11) is 0. The molecule has 0 bridgehead atoms. The predicted octanol–water partition coefficient (Wildman–Crippen LogP) is 6.95. The first-order valence-corrected chi connectivity index (χ1v) is 21.2. The smallest absolute Gasteiger partial charge is 0.255 e. The van der Waals surface area contributed by atoms with Crippen molar-refractivity contribution < 1.29 is 28.2 Å². The fourth-order valence-corrected chi connectivity index (χ4v) is 11.2. The van der Waals surface area contributed by atoms with Crippen molar-refractivity contribution in [2.24, 2.45) is 5.41 Å². The van der Waals surface area contributed by atoms with Gasteiger partial charge in [-0.1, -0.05) is 55.1 Å². The van der Waals surface area contributed by atoms with Crippen molar-refractivity contribution in [3.8, 4) is 11.5 Å². The first-order valence-electron chi connectivity index (χ1n) is 21.2. The quantitative estimate of drug-likeness (QED) is 0.190. The Kier molecular flexibility index (Phi) is 9.71. The number of nitrogens with one attached hydrogen (secondary N) is 1. The summed E-state index contributed by atoms with van der Waals surface area (Å²) in [5.74, 6) is -0.480. The number of hydrogen-bond acceptors (Lipinski definition) is 7. The van der Waals surface area contributed by atoms with Gasteiger partial charge in [0.15, 0.2) is 5.82 Å². The lowest BCUT2D eigenvalue weighted by atomic mass is 9.60. The number of phenols is 1. The molecule has 0 aromatic heterocycles. The van der Waals surface area contributed by atoms with Gasteiger partial charge in [0.2, 0.25) is 5.91 Å².